The van der Waals surface area contributed by atoms with Gasteiger partial charge in [-0.1, -0.05) is 5.57 Å². The highest BCUT2D eigenvalue weighted by Gasteiger charge is 2.50. The maximum absolute atomic E-state index is 14.1. The number of hydrogen-bond donors (Lipinski definition) is 0. The molecule has 1 aliphatic heterocycles. The van der Waals surface area contributed by atoms with Gasteiger partial charge in [-0.15, -0.1) is 0 Å². The van der Waals surface area contributed by atoms with E-state index in [1.807, 2.05) is 39.8 Å². The van der Waals surface area contributed by atoms with Gasteiger partial charge in [-0.2, -0.15) is 5.10 Å². The molecule has 2 aromatic heterocycles. The average molecular weight is 489 g/mol. The van der Waals surface area contributed by atoms with Crippen molar-refractivity contribution in [3.63, 3.8) is 0 Å². The summed E-state index contributed by atoms with van der Waals surface area (Å²) in [6, 6.07) is 9.79. The van der Waals surface area contributed by atoms with E-state index in [4.69, 9.17) is 4.74 Å². The molecule has 1 unspecified atom stereocenters. The van der Waals surface area contributed by atoms with Crippen molar-refractivity contribution in [1.82, 2.24) is 19.7 Å². The van der Waals surface area contributed by atoms with Crippen LogP contribution in [-0.4, -0.2) is 50.2 Å². The first kappa shape index (κ1) is 23.9. The number of fused-ring (bicyclic) bond motifs is 2. The molecule has 3 heterocycles. The van der Waals surface area contributed by atoms with Crippen LogP contribution in [0.15, 0.2) is 54.4 Å². The molecule has 1 amide bonds. The Balaban J connectivity index is 1.58. The first-order valence-electron chi connectivity index (χ1n) is 12.0. The van der Waals surface area contributed by atoms with Gasteiger partial charge in [-0.25, -0.2) is 13.9 Å². The van der Waals surface area contributed by atoms with Crippen LogP contribution in [0.25, 0.3) is 11.8 Å². The number of piperidine rings is 1. The van der Waals surface area contributed by atoms with E-state index in [2.05, 4.69) is 10.1 Å². The summed E-state index contributed by atoms with van der Waals surface area (Å²) in [7, 11) is 0. The van der Waals surface area contributed by atoms with Gasteiger partial charge in [0.05, 0.1) is 23.0 Å². The maximum atomic E-state index is 14.1. The summed E-state index contributed by atoms with van der Waals surface area (Å²) in [5.41, 5.74) is 3.12. The number of carbonyl (C=O) groups excluding carboxylic acids is 2. The van der Waals surface area contributed by atoms with Crippen LogP contribution in [0.2, 0.25) is 0 Å². The number of aryl methyl sites for hydroxylation is 1. The fraction of sp³-hybridized carbons (Fsp3) is 0.357. The van der Waals surface area contributed by atoms with E-state index in [1.54, 1.807) is 40.2 Å². The van der Waals surface area contributed by atoms with E-state index in [1.165, 1.54) is 12.1 Å². The van der Waals surface area contributed by atoms with Crippen molar-refractivity contribution in [1.29, 1.82) is 0 Å². The second kappa shape index (κ2) is 8.69. The molecule has 186 valence electrons. The molecule has 0 spiro atoms. The molecule has 1 saturated heterocycles. The lowest BCUT2D eigenvalue weighted by Crippen LogP contribution is -2.54. The SMILES string of the molecule is Cc1ccnc(C(=O)C23Cc4cnn(-c5ccc(F)cc5)c4C=C2CCN(C(=O)OC(C)(C)C)C3)c1. The fourth-order valence-corrected chi connectivity index (χ4v) is 5.03. The van der Waals surface area contributed by atoms with Gasteiger partial charge < -0.3 is 9.64 Å². The number of nitrogens with zero attached hydrogens (tertiary/aromatic N) is 4. The first-order chi connectivity index (χ1) is 17.1. The van der Waals surface area contributed by atoms with Crippen LogP contribution in [0.3, 0.4) is 0 Å². The van der Waals surface area contributed by atoms with Gasteiger partial charge in [-0.05, 0) is 94.1 Å². The number of hydrogen-bond acceptors (Lipinski definition) is 5. The number of Topliss-reactive ketones (excluding diaryl/α,β-unsaturated/α-hetero) is 1. The largest absolute Gasteiger partial charge is 0.444 e. The van der Waals surface area contributed by atoms with Crippen molar-refractivity contribution < 1.29 is 18.7 Å². The normalized spacial score (nSPS) is 19.2. The highest BCUT2D eigenvalue weighted by molar-refractivity contribution is 6.03. The summed E-state index contributed by atoms with van der Waals surface area (Å²) >= 11 is 0. The molecule has 36 heavy (non-hydrogen) atoms. The van der Waals surface area contributed by atoms with Crippen molar-refractivity contribution in [2.75, 3.05) is 13.1 Å². The second-order valence-electron chi connectivity index (χ2n) is 10.6. The maximum Gasteiger partial charge on any atom is 0.410 e. The molecular weight excluding hydrogens is 459 g/mol. The Bertz CT molecular complexity index is 1370. The highest BCUT2D eigenvalue weighted by atomic mass is 19.1. The van der Waals surface area contributed by atoms with E-state index < -0.39 is 17.1 Å². The number of benzene rings is 1. The summed E-state index contributed by atoms with van der Waals surface area (Å²) in [6.45, 7) is 8.05. The van der Waals surface area contributed by atoms with Gasteiger partial charge in [0.1, 0.15) is 17.1 Å². The minimum absolute atomic E-state index is 0.120. The Morgan fingerprint density at radius 3 is 2.58 bits per heavy atom. The molecular formula is C28H29FN4O3. The van der Waals surface area contributed by atoms with E-state index in [9.17, 15) is 14.0 Å². The van der Waals surface area contributed by atoms with Crippen molar-refractivity contribution in [3.8, 4) is 5.69 Å². The van der Waals surface area contributed by atoms with E-state index in [0.717, 1.165) is 28.1 Å². The Kier molecular flexibility index (Phi) is 5.77. The minimum Gasteiger partial charge on any atom is -0.444 e. The summed E-state index contributed by atoms with van der Waals surface area (Å²) in [5.74, 6) is -0.436. The number of amides is 1. The van der Waals surface area contributed by atoms with Gasteiger partial charge in [0.25, 0.3) is 0 Å². The molecule has 0 radical (unpaired) electrons. The lowest BCUT2D eigenvalue weighted by Gasteiger charge is -2.45. The summed E-state index contributed by atoms with van der Waals surface area (Å²) in [6.07, 6.45) is 5.86. The molecule has 0 saturated carbocycles. The van der Waals surface area contributed by atoms with Gasteiger partial charge >= 0.3 is 6.09 Å². The zero-order valence-corrected chi connectivity index (χ0v) is 20.9. The molecule has 1 aliphatic carbocycles. The second-order valence-corrected chi connectivity index (χ2v) is 10.6. The summed E-state index contributed by atoms with van der Waals surface area (Å²) < 4.78 is 20.9. The number of ether oxygens (including phenoxy) is 1. The van der Waals surface area contributed by atoms with Crippen LogP contribution in [0.1, 0.15) is 54.5 Å². The van der Waals surface area contributed by atoms with Gasteiger partial charge in [0, 0.05) is 19.3 Å². The lowest BCUT2D eigenvalue weighted by atomic mass is 9.65. The molecule has 7 nitrogen and oxygen atoms in total. The Morgan fingerprint density at radius 2 is 1.89 bits per heavy atom. The van der Waals surface area contributed by atoms with Gasteiger partial charge in [0.2, 0.25) is 0 Å². The van der Waals surface area contributed by atoms with Crippen molar-refractivity contribution in [2.45, 2.75) is 46.1 Å². The summed E-state index contributed by atoms with van der Waals surface area (Å²) in [4.78, 5) is 33.2. The van der Waals surface area contributed by atoms with Crippen molar-refractivity contribution >= 4 is 18.0 Å². The average Bonchev–Trinajstić information content (AvgIpc) is 3.23. The molecule has 3 aromatic rings. The smallest absolute Gasteiger partial charge is 0.410 e. The highest BCUT2D eigenvalue weighted by Crippen LogP contribution is 2.46. The fourth-order valence-electron chi connectivity index (χ4n) is 5.03. The third-order valence-corrected chi connectivity index (χ3v) is 6.72. The van der Waals surface area contributed by atoms with Crippen LogP contribution in [0, 0.1) is 18.2 Å². The number of carbonyl (C=O) groups is 2. The van der Waals surface area contributed by atoms with E-state index in [-0.39, 0.29) is 18.1 Å². The number of pyridine rings is 1. The van der Waals surface area contributed by atoms with Crippen LogP contribution >= 0.6 is 0 Å². The van der Waals surface area contributed by atoms with Crippen LogP contribution in [0.5, 0.6) is 0 Å². The number of rotatable bonds is 3. The molecule has 0 N–H and O–H groups in total. The van der Waals surface area contributed by atoms with Crippen LogP contribution in [0.4, 0.5) is 9.18 Å². The summed E-state index contributed by atoms with van der Waals surface area (Å²) in [5, 5.41) is 4.55. The third kappa shape index (κ3) is 4.32. The quantitative estimate of drug-likeness (QED) is 0.476. The van der Waals surface area contributed by atoms with E-state index in [0.29, 0.717) is 25.1 Å². The topological polar surface area (TPSA) is 77.3 Å². The molecule has 1 fully saturated rings. The Morgan fingerprint density at radius 1 is 1.14 bits per heavy atom. The third-order valence-electron chi connectivity index (χ3n) is 6.72. The van der Waals surface area contributed by atoms with E-state index >= 15 is 0 Å². The molecule has 2 aliphatic rings. The van der Waals surface area contributed by atoms with Crippen molar-refractivity contribution in [2.24, 2.45) is 5.41 Å². The Hall–Kier alpha value is -3.81. The number of likely N-dealkylation sites (tertiary alicyclic amines) is 1. The lowest BCUT2D eigenvalue weighted by molar-refractivity contribution is 0.0138. The molecule has 5 rings (SSSR count). The molecule has 8 heteroatoms. The molecule has 0 bridgehead atoms. The zero-order valence-electron chi connectivity index (χ0n) is 20.9. The minimum atomic E-state index is -0.973. The van der Waals surface area contributed by atoms with Gasteiger partial charge in [-0.3, -0.25) is 9.78 Å². The van der Waals surface area contributed by atoms with Crippen LogP contribution in [-0.2, 0) is 11.2 Å². The van der Waals surface area contributed by atoms with Crippen molar-refractivity contribution in [3.05, 3.63) is 82.7 Å². The standard InChI is InChI=1S/C28H29FN4O3/c1-18-9-11-30-23(13-18)25(34)28-15-19-16-31-33(22-7-5-21(29)6-8-22)24(19)14-20(28)10-12-32(17-28)26(35)36-27(2,3)4/h5-9,11,13-14,16H,10,12,15,17H2,1-4H3. The monoisotopic (exact) mass is 488 g/mol. The number of ketones is 1. The predicted octanol–water partition coefficient (Wildman–Crippen LogP) is 5.16. The molecule has 1 atom stereocenters. The first-order valence-corrected chi connectivity index (χ1v) is 12.0. The predicted molar refractivity (Wildman–Crippen MR) is 133 cm³/mol. The Labute approximate surface area is 209 Å². The molecule has 1 aromatic carbocycles. The number of aromatic nitrogens is 3. The van der Waals surface area contributed by atoms with Gasteiger partial charge in [0.15, 0.2) is 5.78 Å². The zero-order chi connectivity index (χ0) is 25.7. The van der Waals surface area contributed by atoms with Crippen LogP contribution < -0.4 is 0 Å². The number of halogens is 1.